The van der Waals surface area contributed by atoms with Crippen molar-refractivity contribution in [2.45, 2.75) is 6.92 Å². The molecule has 6 nitrogen and oxygen atoms in total. The van der Waals surface area contributed by atoms with Crippen molar-refractivity contribution >= 4 is 11.9 Å². The SMILES string of the molecule is Cc1nccc(-c2ccccc2)c1C(=O)N1CCN(c2ncccn2)CC1. The second kappa shape index (κ2) is 7.53. The Morgan fingerprint density at radius 2 is 1.56 bits per heavy atom. The zero-order chi connectivity index (χ0) is 18.6. The highest BCUT2D eigenvalue weighted by molar-refractivity contribution is 6.01. The summed E-state index contributed by atoms with van der Waals surface area (Å²) in [7, 11) is 0. The van der Waals surface area contributed by atoms with E-state index in [1.54, 1.807) is 24.7 Å². The van der Waals surface area contributed by atoms with Crippen LogP contribution in [0.15, 0.2) is 61.1 Å². The lowest BCUT2D eigenvalue weighted by Crippen LogP contribution is -2.49. The van der Waals surface area contributed by atoms with E-state index in [4.69, 9.17) is 0 Å². The molecule has 3 heterocycles. The number of amides is 1. The fourth-order valence-corrected chi connectivity index (χ4v) is 3.42. The maximum Gasteiger partial charge on any atom is 0.256 e. The van der Waals surface area contributed by atoms with Crippen LogP contribution in [0.25, 0.3) is 11.1 Å². The minimum Gasteiger partial charge on any atom is -0.337 e. The van der Waals surface area contributed by atoms with Gasteiger partial charge in [-0.05, 0) is 30.2 Å². The Balaban J connectivity index is 1.56. The van der Waals surface area contributed by atoms with Crippen molar-refractivity contribution in [3.05, 3.63) is 72.3 Å². The Morgan fingerprint density at radius 1 is 0.852 bits per heavy atom. The summed E-state index contributed by atoms with van der Waals surface area (Å²) >= 11 is 0. The average molecular weight is 359 g/mol. The molecule has 1 fully saturated rings. The Kier molecular flexibility index (Phi) is 4.78. The number of carbonyl (C=O) groups excluding carboxylic acids is 1. The molecule has 0 bridgehead atoms. The van der Waals surface area contributed by atoms with Crippen LogP contribution in [0.4, 0.5) is 5.95 Å². The van der Waals surface area contributed by atoms with Gasteiger partial charge in [0.2, 0.25) is 5.95 Å². The van der Waals surface area contributed by atoms with Crippen molar-refractivity contribution in [3.8, 4) is 11.1 Å². The van der Waals surface area contributed by atoms with Gasteiger partial charge in [0, 0.05) is 44.8 Å². The number of aryl methyl sites for hydroxylation is 1. The summed E-state index contributed by atoms with van der Waals surface area (Å²) < 4.78 is 0. The Morgan fingerprint density at radius 3 is 2.26 bits per heavy atom. The van der Waals surface area contributed by atoms with Crippen molar-refractivity contribution < 1.29 is 4.79 Å². The first-order valence-electron chi connectivity index (χ1n) is 9.06. The lowest BCUT2D eigenvalue weighted by Gasteiger charge is -2.35. The third kappa shape index (κ3) is 3.51. The third-order valence-electron chi connectivity index (χ3n) is 4.84. The quantitative estimate of drug-likeness (QED) is 0.720. The summed E-state index contributed by atoms with van der Waals surface area (Å²) in [5, 5.41) is 0. The predicted octanol–water partition coefficient (Wildman–Crippen LogP) is 2.81. The average Bonchev–Trinajstić information content (AvgIpc) is 2.74. The van der Waals surface area contributed by atoms with Crippen molar-refractivity contribution in [1.29, 1.82) is 0 Å². The number of benzene rings is 1. The number of aromatic nitrogens is 3. The van der Waals surface area contributed by atoms with Crippen LogP contribution in [-0.4, -0.2) is 51.9 Å². The van der Waals surface area contributed by atoms with Crippen LogP contribution in [-0.2, 0) is 0 Å². The Labute approximate surface area is 158 Å². The van der Waals surface area contributed by atoms with Gasteiger partial charge in [-0.3, -0.25) is 9.78 Å². The molecule has 4 rings (SSSR count). The molecule has 0 saturated carbocycles. The molecular weight excluding hydrogens is 338 g/mol. The molecule has 6 heteroatoms. The van der Waals surface area contributed by atoms with Gasteiger partial charge in [0.15, 0.2) is 0 Å². The Bertz CT molecular complexity index is 922. The maximum absolute atomic E-state index is 13.3. The molecule has 0 aliphatic carbocycles. The summed E-state index contributed by atoms with van der Waals surface area (Å²) in [5.41, 5.74) is 3.41. The molecule has 3 aromatic rings. The second-order valence-electron chi connectivity index (χ2n) is 6.51. The van der Waals surface area contributed by atoms with Gasteiger partial charge in [-0.1, -0.05) is 30.3 Å². The molecular formula is C21H21N5O. The minimum absolute atomic E-state index is 0.0353. The van der Waals surface area contributed by atoms with E-state index in [1.165, 1.54) is 0 Å². The van der Waals surface area contributed by atoms with E-state index in [1.807, 2.05) is 48.2 Å². The molecule has 0 unspecified atom stereocenters. The summed E-state index contributed by atoms with van der Waals surface area (Å²) in [6.07, 6.45) is 5.25. The maximum atomic E-state index is 13.3. The number of hydrogen-bond donors (Lipinski definition) is 0. The lowest BCUT2D eigenvalue weighted by atomic mass is 9.98. The van der Waals surface area contributed by atoms with Gasteiger partial charge in [0.1, 0.15) is 0 Å². The highest BCUT2D eigenvalue weighted by Gasteiger charge is 2.26. The van der Waals surface area contributed by atoms with Crippen LogP contribution in [0.1, 0.15) is 16.1 Å². The second-order valence-corrected chi connectivity index (χ2v) is 6.51. The van der Waals surface area contributed by atoms with Crippen LogP contribution >= 0.6 is 0 Å². The van der Waals surface area contributed by atoms with Crippen molar-refractivity contribution in [3.63, 3.8) is 0 Å². The van der Waals surface area contributed by atoms with Crippen LogP contribution < -0.4 is 4.90 Å². The number of pyridine rings is 1. The smallest absolute Gasteiger partial charge is 0.256 e. The molecule has 2 aromatic heterocycles. The molecule has 1 saturated heterocycles. The van der Waals surface area contributed by atoms with Crippen LogP contribution in [0, 0.1) is 6.92 Å². The van der Waals surface area contributed by atoms with Crippen LogP contribution in [0.3, 0.4) is 0 Å². The summed E-state index contributed by atoms with van der Waals surface area (Å²) in [4.78, 5) is 30.3. The van der Waals surface area contributed by atoms with E-state index in [0.29, 0.717) is 24.6 Å². The first-order valence-corrected chi connectivity index (χ1v) is 9.06. The van der Waals surface area contributed by atoms with E-state index in [-0.39, 0.29) is 5.91 Å². The summed E-state index contributed by atoms with van der Waals surface area (Å²) in [6, 6.07) is 13.7. The molecule has 0 N–H and O–H groups in total. The Hall–Kier alpha value is -3.28. The van der Waals surface area contributed by atoms with E-state index in [9.17, 15) is 4.79 Å². The molecule has 1 aliphatic rings. The van der Waals surface area contributed by atoms with Crippen molar-refractivity contribution in [2.24, 2.45) is 0 Å². The third-order valence-corrected chi connectivity index (χ3v) is 4.84. The summed E-state index contributed by atoms with van der Waals surface area (Å²) in [5.74, 6) is 0.750. The molecule has 27 heavy (non-hydrogen) atoms. The molecule has 1 aliphatic heterocycles. The fraction of sp³-hybridized carbons (Fsp3) is 0.238. The topological polar surface area (TPSA) is 62.2 Å². The highest BCUT2D eigenvalue weighted by atomic mass is 16.2. The van der Waals surface area contributed by atoms with Gasteiger partial charge in [-0.2, -0.15) is 0 Å². The molecule has 0 radical (unpaired) electrons. The van der Waals surface area contributed by atoms with Gasteiger partial charge < -0.3 is 9.80 Å². The van der Waals surface area contributed by atoms with Gasteiger partial charge in [0.05, 0.1) is 11.3 Å². The number of hydrogen-bond acceptors (Lipinski definition) is 5. The number of rotatable bonds is 3. The van der Waals surface area contributed by atoms with E-state index < -0.39 is 0 Å². The molecule has 136 valence electrons. The highest BCUT2D eigenvalue weighted by Crippen LogP contribution is 2.26. The minimum atomic E-state index is 0.0353. The normalized spacial score (nSPS) is 14.3. The molecule has 0 atom stereocenters. The van der Waals surface area contributed by atoms with Crippen molar-refractivity contribution in [2.75, 3.05) is 31.1 Å². The zero-order valence-corrected chi connectivity index (χ0v) is 15.2. The fourth-order valence-electron chi connectivity index (χ4n) is 3.42. The number of anilines is 1. The predicted molar refractivity (Wildman–Crippen MR) is 105 cm³/mol. The standard InChI is InChI=1S/C21H21N5O/c1-16-19(18(8-11-22-16)17-6-3-2-4-7-17)20(27)25-12-14-26(15-13-25)21-23-9-5-10-24-21/h2-11H,12-15H2,1H3. The number of nitrogens with zero attached hydrogens (tertiary/aromatic N) is 5. The van der Waals surface area contributed by atoms with Gasteiger partial charge in [-0.15, -0.1) is 0 Å². The first-order chi connectivity index (χ1) is 13.2. The van der Waals surface area contributed by atoms with Gasteiger partial charge in [-0.25, -0.2) is 9.97 Å². The summed E-state index contributed by atoms with van der Waals surface area (Å²) in [6.45, 7) is 4.61. The lowest BCUT2D eigenvalue weighted by molar-refractivity contribution is 0.0746. The van der Waals surface area contributed by atoms with Gasteiger partial charge >= 0.3 is 0 Å². The first kappa shape index (κ1) is 17.1. The number of carbonyl (C=O) groups is 1. The van der Waals surface area contributed by atoms with Crippen LogP contribution in [0.5, 0.6) is 0 Å². The van der Waals surface area contributed by atoms with E-state index in [0.717, 1.165) is 29.9 Å². The van der Waals surface area contributed by atoms with Crippen LogP contribution in [0.2, 0.25) is 0 Å². The van der Waals surface area contributed by atoms with E-state index >= 15 is 0 Å². The van der Waals surface area contributed by atoms with Crippen molar-refractivity contribution in [1.82, 2.24) is 19.9 Å². The van der Waals surface area contributed by atoms with Gasteiger partial charge in [0.25, 0.3) is 5.91 Å². The van der Waals surface area contributed by atoms with E-state index in [2.05, 4.69) is 19.9 Å². The zero-order valence-electron chi connectivity index (χ0n) is 15.2. The molecule has 0 spiro atoms. The molecule has 1 aromatic carbocycles. The largest absolute Gasteiger partial charge is 0.337 e. The number of piperazine rings is 1. The molecule has 1 amide bonds. The monoisotopic (exact) mass is 359 g/mol.